The Morgan fingerprint density at radius 1 is 1.09 bits per heavy atom. The number of ether oxygens (including phenoxy) is 1. The van der Waals surface area contributed by atoms with E-state index in [0.29, 0.717) is 17.7 Å². The average molecular weight is 459 g/mol. The molecular weight excluding hydrogens is 428 g/mol. The Balaban J connectivity index is 1.60. The highest BCUT2D eigenvalue weighted by Crippen LogP contribution is 2.31. The summed E-state index contributed by atoms with van der Waals surface area (Å²) in [5.74, 6) is 1.40. The fourth-order valence-corrected chi connectivity index (χ4v) is 4.10. The summed E-state index contributed by atoms with van der Waals surface area (Å²) in [4.78, 5) is 17.4. The molecule has 0 bridgehead atoms. The number of carbonyl (C=O) groups excluding carboxylic acids is 1. The molecule has 0 fully saturated rings. The van der Waals surface area contributed by atoms with E-state index in [2.05, 4.69) is 60.4 Å². The number of aromatic nitrogens is 3. The Hall–Kier alpha value is -3.87. The Bertz CT molecular complexity index is 1180. The molecule has 2 atom stereocenters. The van der Waals surface area contributed by atoms with Crippen molar-refractivity contribution in [1.29, 1.82) is 0 Å². The van der Waals surface area contributed by atoms with E-state index in [9.17, 15) is 4.79 Å². The van der Waals surface area contributed by atoms with Gasteiger partial charge in [0.1, 0.15) is 24.2 Å². The van der Waals surface area contributed by atoms with Crippen LogP contribution in [0.3, 0.4) is 0 Å². The van der Waals surface area contributed by atoms with E-state index in [0.717, 1.165) is 16.9 Å². The molecule has 7 heteroatoms. The number of amides is 1. The number of nitrogens with one attached hydrogen (secondary N) is 1. The number of benzene rings is 2. The largest absolute Gasteiger partial charge is 0.497 e. The highest BCUT2D eigenvalue weighted by molar-refractivity contribution is 5.94. The van der Waals surface area contributed by atoms with E-state index >= 15 is 0 Å². The van der Waals surface area contributed by atoms with Gasteiger partial charge in [0.2, 0.25) is 0 Å². The molecule has 2 aromatic carbocycles. The number of carbonyl (C=O) groups is 1. The molecule has 1 amide bonds. The molecule has 7 nitrogen and oxygen atoms in total. The molecule has 0 radical (unpaired) electrons. The predicted octanol–water partition coefficient (Wildman–Crippen LogP) is 5.18. The van der Waals surface area contributed by atoms with Gasteiger partial charge in [-0.25, -0.2) is 9.67 Å². The first kappa shape index (κ1) is 23.3. The topological polar surface area (TPSA) is 82.2 Å². The molecule has 1 N–H and O–H groups in total. The van der Waals surface area contributed by atoms with Crippen LogP contribution >= 0.6 is 0 Å². The van der Waals surface area contributed by atoms with Crippen LogP contribution in [0, 0.1) is 5.41 Å². The van der Waals surface area contributed by atoms with Crippen LogP contribution in [0.1, 0.15) is 42.7 Å². The second-order valence-electron chi connectivity index (χ2n) is 9.37. The molecule has 176 valence electrons. The van der Waals surface area contributed by atoms with Crippen LogP contribution in [0.15, 0.2) is 84.0 Å². The predicted molar refractivity (Wildman–Crippen MR) is 131 cm³/mol. The van der Waals surface area contributed by atoms with Crippen molar-refractivity contribution in [1.82, 2.24) is 20.1 Å². The van der Waals surface area contributed by atoms with Crippen molar-refractivity contribution in [2.24, 2.45) is 5.41 Å². The van der Waals surface area contributed by atoms with Crippen LogP contribution in [0.4, 0.5) is 0 Å². The molecule has 34 heavy (non-hydrogen) atoms. The number of methoxy groups -OCH3 is 1. The third-order valence-electron chi connectivity index (χ3n) is 5.94. The zero-order valence-corrected chi connectivity index (χ0v) is 19.9. The van der Waals surface area contributed by atoms with E-state index < -0.39 is 0 Å². The minimum Gasteiger partial charge on any atom is -0.497 e. The second kappa shape index (κ2) is 9.95. The highest BCUT2D eigenvalue weighted by atomic mass is 16.5. The smallest absolute Gasteiger partial charge is 0.251 e. The first-order chi connectivity index (χ1) is 16.3. The van der Waals surface area contributed by atoms with Gasteiger partial charge in [-0.15, -0.1) is 0 Å². The van der Waals surface area contributed by atoms with Crippen LogP contribution in [0.2, 0.25) is 0 Å². The first-order valence-corrected chi connectivity index (χ1v) is 11.3. The standard InChI is InChI=1S/C27H30N4O3/c1-27(2,3)25(30-26(32)21-11-13-22(33-4)14-12-21)23(31-18-28-17-29-31)16-19-7-9-20(10-8-19)24-6-5-15-34-24/h5-15,17-18,23,25H,16H2,1-4H3,(H,30,32). The van der Waals surface area contributed by atoms with Crippen molar-refractivity contribution >= 4 is 5.91 Å². The van der Waals surface area contributed by atoms with Crippen molar-refractivity contribution in [2.45, 2.75) is 39.3 Å². The van der Waals surface area contributed by atoms with E-state index in [-0.39, 0.29) is 23.4 Å². The van der Waals surface area contributed by atoms with Gasteiger partial charge >= 0.3 is 0 Å². The lowest BCUT2D eigenvalue weighted by molar-refractivity contribution is 0.0858. The third kappa shape index (κ3) is 5.36. The molecule has 0 aliphatic carbocycles. The average Bonchev–Trinajstić information content (AvgIpc) is 3.56. The van der Waals surface area contributed by atoms with Crippen molar-refractivity contribution in [3.05, 3.63) is 90.7 Å². The Morgan fingerprint density at radius 2 is 1.82 bits per heavy atom. The maximum absolute atomic E-state index is 13.2. The van der Waals surface area contributed by atoms with E-state index in [4.69, 9.17) is 9.15 Å². The van der Waals surface area contributed by atoms with Gasteiger partial charge in [-0.05, 0) is 53.8 Å². The summed E-state index contributed by atoms with van der Waals surface area (Å²) < 4.78 is 12.6. The molecule has 2 heterocycles. The molecule has 0 aliphatic rings. The fourth-order valence-electron chi connectivity index (χ4n) is 4.10. The van der Waals surface area contributed by atoms with E-state index in [1.165, 1.54) is 6.33 Å². The zero-order valence-electron chi connectivity index (χ0n) is 19.9. The quantitative estimate of drug-likeness (QED) is 0.394. The summed E-state index contributed by atoms with van der Waals surface area (Å²) in [7, 11) is 1.61. The van der Waals surface area contributed by atoms with Gasteiger partial charge in [0, 0.05) is 11.1 Å². The SMILES string of the molecule is COc1ccc(C(=O)NC(C(Cc2ccc(-c3ccco3)cc2)n2cncn2)C(C)(C)C)cc1. The molecule has 4 rings (SSSR count). The van der Waals surface area contributed by atoms with Crippen molar-refractivity contribution in [3.63, 3.8) is 0 Å². The van der Waals surface area contributed by atoms with Gasteiger partial charge in [0.05, 0.1) is 25.5 Å². The maximum Gasteiger partial charge on any atom is 0.251 e. The second-order valence-corrected chi connectivity index (χ2v) is 9.37. The molecule has 4 aromatic rings. The van der Waals surface area contributed by atoms with Gasteiger partial charge in [-0.1, -0.05) is 45.0 Å². The molecule has 0 aliphatic heterocycles. The van der Waals surface area contributed by atoms with Crippen LogP contribution in [0.25, 0.3) is 11.3 Å². The number of rotatable bonds is 8. The summed E-state index contributed by atoms with van der Waals surface area (Å²) in [6.07, 6.45) is 5.58. The zero-order chi connectivity index (χ0) is 24.1. The van der Waals surface area contributed by atoms with Gasteiger partial charge in [0.25, 0.3) is 5.91 Å². The normalized spacial score (nSPS) is 13.3. The first-order valence-electron chi connectivity index (χ1n) is 11.3. The van der Waals surface area contributed by atoms with Gasteiger partial charge in [-0.2, -0.15) is 5.10 Å². The minimum absolute atomic E-state index is 0.138. The molecule has 2 aromatic heterocycles. The van der Waals surface area contributed by atoms with Gasteiger partial charge in [0.15, 0.2) is 0 Å². The Labute approximate surface area is 199 Å². The summed E-state index contributed by atoms with van der Waals surface area (Å²) in [6, 6.07) is 18.9. The molecule has 0 spiro atoms. The monoisotopic (exact) mass is 458 g/mol. The van der Waals surface area contributed by atoms with Crippen molar-refractivity contribution in [3.8, 4) is 17.1 Å². The Kier molecular flexibility index (Phi) is 6.82. The minimum atomic E-state index is -0.243. The number of nitrogens with zero attached hydrogens (tertiary/aromatic N) is 3. The molecule has 0 saturated carbocycles. The number of hydrogen-bond donors (Lipinski definition) is 1. The number of hydrogen-bond acceptors (Lipinski definition) is 5. The van der Waals surface area contributed by atoms with Crippen LogP contribution in [0.5, 0.6) is 5.75 Å². The maximum atomic E-state index is 13.2. The fraction of sp³-hybridized carbons (Fsp3) is 0.296. The van der Waals surface area contributed by atoms with Gasteiger partial charge < -0.3 is 14.5 Å². The van der Waals surface area contributed by atoms with Crippen molar-refractivity contribution < 1.29 is 13.9 Å². The summed E-state index contributed by atoms with van der Waals surface area (Å²) in [6.45, 7) is 6.36. The van der Waals surface area contributed by atoms with Crippen LogP contribution < -0.4 is 10.1 Å². The van der Waals surface area contributed by atoms with Crippen LogP contribution in [-0.2, 0) is 6.42 Å². The summed E-state index contributed by atoms with van der Waals surface area (Å²) >= 11 is 0. The molecular formula is C27H30N4O3. The van der Waals surface area contributed by atoms with Crippen molar-refractivity contribution in [2.75, 3.05) is 7.11 Å². The Morgan fingerprint density at radius 3 is 2.38 bits per heavy atom. The van der Waals surface area contributed by atoms with Gasteiger partial charge in [-0.3, -0.25) is 4.79 Å². The number of furan rings is 1. The third-order valence-corrected chi connectivity index (χ3v) is 5.94. The summed E-state index contributed by atoms with van der Waals surface area (Å²) in [5, 5.41) is 7.70. The lowest BCUT2D eigenvalue weighted by atomic mass is 9.80. The molecule has 2 unspecified atom stereocenters. The molecule has 0 saturated heterocycles. The highest BCUT2D eigenvalue weighted by Gasteiger charge is 2.35. The lowest BCUT2D eigenvalue weighted by Crippen LogP contribution is -2.50. The summed E-state index contributed by atoms with van der Waals surface area (Å²) in [5.41, 5.74) is 2.48. The van der Waals surface area contributed by atoms with Crippen LogP contribution in [-0.4, -0.2) is 33.8 Å². The van der Waals surface area contributed by atoms with E-state index in [1.807, 2.05) is 16.8 Å². The van der Waals surface area contributed by atoms with E-state index in [1.54, 1.807) is 44.0 Å². The lowest BCUT2D eigenvalue weighted by Gasteiger charge is -2.37.